The fraction of sp³-hybridized carbons (Fsp3) is 0.450. The highest BCUT2D eigenvalue weighted by atomic mass is 35.5. The number of aromatic nitrogens is 1. The molecule has 2 aliphatic heterocycles. The van der Waals surface area contributed by atoms with Crippen LogP contribution in [0.5, 0.6) is 0 Å². The molecule has 2 aliphatic rings. The lowest BCUT2D eigenvalue weighted by Crippen LogP contribution is -2.48. The summed E-state index contributed by atoms with van der Waals surface area (Å²) in [6.45, 7) is 3.95. The smallest absolute Gasteiger partial charge is 0.227 e. The van der Waals surface area contributed by atoms with Crippen molar-refractivity contribution in [3.8, 4) is 6.07 Å². The van der Waals surface area contributed by atoms with E-state index in [1.165, 1.54) is 0 Å². The number of carbonyl (C=O) groups excluding carboxylic acids is 1. The number of rotatable bonds is 2. The number of ether oxygens (including phenoxy) is 1. The van der Waals surface area contributed by atoms with E-state index in [-0.39, 0.29) is 11.8 Å². The summed E-state index contributed by atoms with van der Waals surface area (Å²) in [7, 11) is 0. The van der Waals surface area contributed by atoms with Crippen molar-refractivity contribution in [1.82, 2.24) is 9.88 Å². The average Bonchev–Trinajstić information content (AvgIpc) is 2.73. The van der Waals surface area contributed by atoms with Crippen LogP contribution in [-0.4, -0.2) is 55.2 Å². The Hall–Kier alpha value is -2.36. The first-order valence-electron chi connectivity index (χ1n) is 9.27. The molecule has 0 saturated carbocycles. The number of hydrogen-bond acceptors (Lipinski definition) is 5. The first-order valence-corrected chi connectivity index (χ1v) is 9.65. The molecule has 140 valence electrons. The van der Waals surface area contributed by atoms with Crippen molar-refractivity contribution in [3.63, 3.8) is 0 Å². The van der Waals surface area contributed by atoms with E-state index >= 15 is 0 Å². The molecule has 0 radical (unpaired) electrons. The number of pyridine rings is 1. The minimum atomic E-state index is -0.0641. The fourth-order valence-corrected chi connectivity index (χ4v) is 4.17. The Bertz CT molecular complexity index is 905. The molecule has 6 nitrogen and oxygen atoms in total. The van der Waals surface area contributed by atoms with E-state index in [1.807, 2.05) is 17.0 Å². The van der Waals surface area contributed by atoms with Crippen molar-refractivity contribution < 1.29 is 9.53 Å². The van der Waals surface area contributed by atoms with Crippen LogP contribution in [0.1, 0.15) is 18.4 Å². The quantitative estimate of drug-likeness (QED) is 0.796. The fourth-order valence-electron chi connectivity index (χ4n) is 4.00. The van der Waals surface area contributed by atoms with E-state index in [1.54, 1.807) is 12.3 Å². The lowest BCUT2D eigenvalue weighted by molar-refractivity contribution is -0.139. The van der Waals surface area contributed by atoms with Crippen molar-refractivity contribution >= 4 is 34.1 Å². The van der Waals surface area contributed by atoms with Gasteiger partial charge in [0.2, 0.25) is 5.91 Å². The van der Waals surface area contributed by atoms with E-state index in [2.05, 4.69) is 16.0 Å². The Kier molecular flexibility index (Phi) is 5.15. The zero-order valence-corrected chi connectivity index (χ0v) is 15.8. The molecule has 2 aromatic rings. The van der Waals surface area contributed by atoms with Crippen LogP contribution in [0, 0.1) is 17.2 Å². The molecular weight excluding hydrogens is 364 g/mol. The van der Waals surface area contributed by atoms with E-state index < -0.39 is 0 Å². The van der Waals surface area contributed by atoms with Gasteiger partial charge in [-0.25, -0.2) is 0 Å². The second-order valence-corrected chi connectivity index (χ2v) is 7.45. The Morgan fingerprint density at radius 1 is 1.30 bits per heavy atom. The van der Waals surface area contributed by atoms with Crippen LogP contribution < -0.4 is 4.90 Å². The van der Waals surface area contributed by atoms with Gasteiger partial charge in [-0.3, -0.25) is 9.78 Å². The third-order valence-electron chi connectivity index (χ3n) is 5.33. The second kappa shape index (κ2) is 7.71. The summed E-state index contributed by atoms with van der Waals surface area (Å²) in [4.78, 5) is 21.4. The maximum atomic E-state index is 12.9. The van der Waals surface area contributed by atoms with Gasteiger partial charge in [-0.15, -0.1) is 0 Å². The van der Waals surface area contributed by atoms with Crippen molar-refractivity contribution in [2.45, 2.75) is 12.8 Å². The molecule has 7 heteroatoms. The Labute approximate surface area is 163 Å². The van der Waals surface area contributed by atoms with Crippen molar-refractivity contribution in [1.29, 1.82) is 5.26 Å². The summed E-state index contributed by atoms with van der Waals surface area (Å²) >= 11 is 6.20. The van der Waals surface area contributed by atoms with Crippen LogP contribution in [0.2, 0.25) is 5.02 Å². The Balaban J connectivity index is 1.66. The molecule has 2 saturated heterocycles. The van der Waals surface area contributed by atoms with Gasteiger partial charge in [-0.05, 0) is 31.0 Å². The third kappa shape index (κ3) is 3.58. The van der Waals surface area contributed by atoms with Crippen LogP contribution in [0.4, 0.5) is 5.69 Å². The van der Waals surface area contributed by atoms with Gasteiger partial charge in [0, 0.05) is 42.8 Å². The zero-order chi connectivity index (χ0) is 18.8. The molecule has 4 rings (SSSR count). The number of halogens is 1. The van der Waals surface area contributed by atoms with Gasteiger partial charge in [0.25, 0.3) is 0 Å². The average molecular weight is 385 g/mol. The number of carbonyl (C=O) groups is 1. The molecule has 1 unspecified atom stereocenters. The van der Waals surface area contributed by atoms with Crippen LogP contribution >= 0.6 is 11.6 Å². The van der Waals surface area contributed by atoms with Gasteiger partial charge < -0.3 is 14.5 Å². The van der Waals surface area contributed by atoms with Crippen LogP contribution in [0.15, 0.2) is 24.4 Å². The molecule has 0 bridgehead atoms. The molecule has 2 fully saturated rings. The summed E-state index contributed by atoms with van der Waals surface area (Å²) < 4.78 is 5.36. The number of amides is 1. The Morgan fingerprint density at radius 2 is 2.11 bits per heavy atom. The zero-order valence-electron chi connectivity index (χ0n) is 15.0. The van der Waals surface area contributed by atoms with Gasteiger partial charge >= 0.3 is 0 Å². The normalized spacial score (nSPS) is 20.5. The molecule has 0 aliphatic carbocycles. The molecule has 0 spiro atoms. The van der Waals surface area contributed by atoms with Crippen molar-refractivity contribution in [2.75, 3.05) is 44.3 Å². The number of fused-ring (bicyclic) bond motifs is 1. The summed E-state index contributed by atoms with van der Waals surface area (Å²) in [6.07, 6.45) is 3.40. The van der Waals surface area contributed by atoms with Gasteiger partial charge in [0.1, 0.15) is 6.07 Å². The molecule has 1 aromatic heterocycles. The molecular formula is C20H21ClN4O2. The number of piperidine rings is 1. The highest BCUT2D eigenvalue weighted by Gasteiger charge is 2.31. The van der Waals surface area contributed by atoms with E-state index in [4.69, 9.17) is 16.3 Å². The minimum absolute atomic E-state index is 0.0641. The lowest BCUT2D eigenvalue weighted by atomic mass is 9.94. The van der Waals surface area contributed by atoms with Gasteiger partial charge in [-0.2, -0.15) is 5.26 Å². The summed E-state index contributed by atoms with van der Waals surface area (Å²) in [5.41, 5.74) is 2.16. The van der Waals surface area contributed by atoms with E-state index in [0.29, 0.717) is 43.4 Å². The number of nitrogens with zero attached hydrogens (tertiary/aromatic N) is 4. The van der Waals surface area contributed by atoms with Crippen LogP contribution in [0.25, 0.3) is 10.9 Å². The SMILES string of the molecule is N#Cc1cnc2ccc(Cl)cc2c1N1CCCC(C(=O)N2CCOCC2)C1. The standard InChI is InChI=1S/C20H21ClN4O2/c21-16-3-4-18-17(10-16)19(15(11-22)12-23-18)25-5-1-2-14(13-25)20(26)24-6-8-27-9-7-24/h3-4,10,12,14H,1-2,5-9,13H2. The van der Waals surface area contributed by atoms with Crippen molar-refractivity contribution in [2.24, 2.45) is 5.92 Å². The molecule has 27 heavy (non-hydrogen) atoms. The summed E-state index contributed by atoms with van der Waals surface area (Å²) in [6, 6.07) is 7.77. The van der Waals surface area contributed by atoms with Gasteiger partial charge in [0.05, 0.1) is 35.9 Å². The monoisotopic (exact) mass is 384 g/mol. The Morgan fingerprint density at radius 3 is 2.89 bits per heavy atom. The largest absolute Gasteiger partial charge is 0.378 e. The molecule has 0 N–H and O–H groups in total. The third-order valence-corrected chi connectivity index (χ3v) is 5.57. The lowest BCUT2D eigenvalue weighted by Gasteiger charge is -2.37. The number of hydrogen-bond donors (Lipinski definition) is 0. The summed E-state index contributed by atoms with van der Waals surface area (Å²) in [5, 5.41) is 11.1. The molecule has 1 amide bonds. The summed E-state index contributed by atoms with van der Waals surface area (Å²) in [5.74, 6) is 0.128. The van der Waals surface area contributed by atoms with E-state index in [0.717, 1.165) is 36.0 Å². The van der Waals surface area contributed by atoms with Crippen LogP contribution in [-0.2, 0) is 9.53 Å². The topological polar surface area (TPSA) is 69.5 Å². The van der Waals surface area contributed by atoms with Gasteiger partial charge in [-0.1, -0.05) is 11.6 Å². The second-order valence-electron chi connectivity index (χ2n) is 7.02. The molecule has 1 aromatic carbocycles. The molecule has 1 atom stereocenters. The first kappa shape index (κ1) is 18.0. The number of morpholine rings is 1. The molecule has 3 heterocycles. The van der Waals surface area contributed by atoms with E-state index in [9.17, 15) is 10.1 Å². The maximum Gasteiger partial charge on any atom is 0.227 e. The highest BCUT2D eigenvalue weighted by Crippen LogP contribution is 2.34. The maximum absolute atomic E-state index is 12.9. The van der Waals surface area contributed by atoms with Crippen LogP contribution in [0.3, 0.4) is 0 Å². The number of benzene rings is 1. The highest BCUT2D eigenvalue weighted by molar-refractivity contribution is 6.31. The predicted octanol–water partition coefficient (Wildman–Crippen LogP) is 2.84. The predicted molar refractivity (Wildman–Crippen MR) is 104 cm³/mol. The number of nitriles is 1. The van der Waals surface area contributed by atoms with Gasteiger partial charge in [0.15, 0.2) is 0 Å². The number of anilines is 1. The first-order chi connectivity index (χ1) is 13.2. The minimum Gasteiger partial charge on any atom is -0.378 e. The van der Waals surface area contributed by atoms with Crippen molar-refractivity contribution in [3.05, 3.63) is 35.0 Å².